The average molecular weight is 311 g/mol. The van der Waals surface area contributed by atoms with E-state index in [0.29, 0.717) is 19.6 Å². The predicted octanol–water partition coefficient (Wildman–Crippen LogP) is 2.58. The summed E-state index contributed by atoms with van der Waals surface area (Å²) in [4.78, 5) is 27.9. The summed E-state index contributed by atoms with van der Waals surface area (Å²) in [5.74, 6) is 0. The molecule has 2 atom stereocenters. The van der Waals surface area contributed by atoms with Gasteiger partial charge in [-0.2, -0.15) is 0 Å². The average Bonchev–Trinajstić information content (AvgIpc) is 2.74. The highest BCUT2D eigenvalue weighted by atomic mass is 16.6. The summed E-state index contributed by atoms with van der Waals surface area (Å²) in [6, 6.07) is 0.227. The predicted molar refractivity (Wildman–Crippen MR) is 84.8 cm³/mol. The molecule has 0 aliphatic carbocycles. The lowest BCUT2D eigenvalue weighted by Gasteiger charge is -2.38. The van der Waals surface area contributed by atoms with E-state index in [9.17, 15) is 9.59 Å². The van der Waals surface area contributed by atoms with Crippen LogP contribution in [0.2, 0.25) is 0 Å². The fourth-order valence-corrected chi connectivity index (χ4v) is 3.12. The normalized spacial score (nSPS) is 25.0. The second kappa shape index (κ2) is 6.75. The molecule has 0 spiro atoms. The molecule has 0 radical (unpaired) electrons. The molecule has 1 N–H and O–H groups in total. The first kappa shape index (κ1) is 16.9. The van der Waals surface area contributed by atoms with E-state index in [4.69, 9.17) is 4.74 Å². The van der Waals surface area contributed by atoms with E-state index in [-0.39, 0.29) is 24.2 Å². The Bertz CT molecular complexity index is 419. The summed E-state index contributed by atoms with van der Waals surface area (Å²) in [5, 5.41) is 3.07. The number of hydrogen-bond acceptors (Lipinski definition) is 3. The van der Waals surface area contributed by atoms with Crippen LogP contribution in [0.3, 0.4) is 0 Å². The molecule has 2 saturated heterocycles. The molecular formula is C16H29N3O3. The van der Waals surface area contributed by atoms with Crippen molar-refractivity contribution < 1.29 is 14.3 Å². The standard InChI is InChI=1S/C16H29N3O3/c1-5-6-7-8-12-13-11-18(15(21)22-16(2,3)4)9-10-19(13)14(20)17-12/h12-13H,5-11H2,1-4H3,(H,17,20). The molecule has 0 saturated carbocycles. The van der Waals surface area contributed by atoms with Gasteiger partial charge in [0.25, 0.3) is 0 Å². The summed E-state index contributed by atoms with van der Waals surface area (Å²) in [6.07, 6.45) is 4.15. The van der Waals surface area contributed by atoms with E-state index in [1.165, 1.54) is 12.8 Å². The Hall–Kier alpha value is -1.46. The molecular weight excluding hydrogens is 282 g/mol. The number of nitrogens with zero attached hydrogens (tertiary/aromatic N) is 2. The van der Waals surface area contributed by atoms with Gasteiger partial charge in [-0.3, -0.25) is 0 Å². The summed E-state index contributed by atoms with van der Waals surface area (Å²) in [7, 11) is 0. The van der Waals surface area contributed by atoms with E-state index < -0.39 is 5.60 Å². The van der Waals surface area contributed by atoms with Gasteiger partial charge in [0.1, 0.15) is 5.60 Å². The number of carbonyl (C=O) groups excluding carboxylic acids is 2. The van der Waals surface area contributed by atoms with Crippen LogP contribution in [-0.2, 0) is 4.74 Å². The maximum absolute atomic E-state index is 12.2. The molecule has 6 nitrogen and oxygen atoms in total. The minimum absolute atomic E-state index is 0.00957. The molecule has 22 heavy (non-hydrogen) atoms. The number of hydrogen-bond donors (Lipinski definition) is 1. The Kier molecular flexibility index (Phi) is 5.19. The lowest BCUT2D eigenvalue weighted by Crippen LogP contribution is -2.56. The number of fused-ring (bicyclic) bond motifs is 1. The third-order valence-electron chi connectivity index (χ3n) is 4.22. The number of ether oxygens (including phenoxy) is 1. The Balaban J connectivity index is 1.95. The number of unbranched alkanes of at least 4 members (excludes halogenated alkanes) is 2. The van der Waals surface area contributed by atoms with Crippen molar-refractivity contribution in [1.29, 1.82) is 0 Å². The second-order valence-corrected chi connectivity index (χ2v) is 7.24. The van der Waals surface area contributed by atoms with Gasteiger partial charge < -0.3 is 19.9 Å². The van der Waals surface area contributed by atoms with Crippen molar-refractivity contribution >= 4 is 12.1 Å². The van der Waals surface area contributed by atoms with Crippen LogP contribution < -0.4 is 5.32 Å². The minimum Gasteiger partial charge on any atom is -0.444 e. The quantitative estimate of drug-likeness (QED) is 0.812. The zero-order valence-electron chi connectivity index (χ0n) is 14.2. The highest BCUT2D eigenvalue weighted by Gasteiger charge is 2.43. The van der Waals surface area contributed by atoms with E-state index in [1.54, 1.807) is 4.90 Å². The number of rotatable bonds is 4. The molecule has 126 valence electrons. The molecule has 0 aromatic rings. The molecule has 2 aliphatic heterocycles. The van der Waals surface area contributed by atoms with Crippen LogP contribution in [0, 0.1) is 0 Å². The smallest absolute Gasteiger partial charge is 0.410 e. The van der Waals surface area contributed by atoms with E-state index >= 15 is 0 Å². The molecule has 2 heterocycles. The molecule has 3 amide bonds. The van der Waals surface area contributed by atoms with Crippen LogP contribution in [0.5, 0.6) is 0 Å². The summed E-state index contributed by atoms with van der Waals surface area (Å²) < 4.78 is 5.45. The monoisotopic (exact) mass is 311 g/mol. The molecule has 0 aromatic carbocycles. The summed E-state index contributed by atoms with van der Waals surface area (Å²) in [5.41, 5.74) is -0.488. The van der Waals surface area contributed by atoms with E-state index in [0.717, 1.165) is 12.8 Å². The van der Waals surface area contributed by atoms with Gasteiger partial charge in [0.15, 0.2) is 0 Å². The first-order valence-corrected chi connectivity index (χ1v) is 8.37. The molecule has 2 unspecified atom stereocenters. The molecule has 2 rings (SSSR count). The molecule has 0 bridgehead atoms. The third-order valence-corrected chi connectivity index (χ3v) is 4.22. The maximum atomic E-state index is 12.2. The summed E-state index contributed by atoms with van der Waals surface area (Å²) >= 11 is 0. The number of carbonyl (C=O) groups is 2. The zero-order valence-corrected chi connectivity index (χ0v) is 14.2. The van der Waals surface area contributed by atoms with Gasteiger partial charge in [-0.1, -0.05) is 26.2 Å². The Morgan fingerprint density at radius 1 is 1.32 bits per heavy atom. The van der Waals surface area contributed by atoms with Crippen LogP contribution in [0.25, 0.3) is 0 Å². The largest absolute Gasteiger partial charge is 0.444 e. The van der Waals surface area contributed by atoms with Crippen LogP contribution in [-0.4, -0.2) is 59.2 Å². The molecule has 2 fully saturated rings. The number of urea groups is 1. The number of amides is 3. The van der Waals surface area contributed by atoms with Gasteiger partial charge in [0.05, 0.1) is 12.1 Å². The van der Waals surface area contributed by atoms with Crippen LogP contribution in [0.15, 0.2) is 0 Å². The number of piperazine rings is 1. The first-order chi connectivity index (χ1) is 10.3. The molecule has 0 aromatic heterocycles. The fraction of sp³-hybridized carbons (Fsp3) is 0.875. The number of nitrogens with one attached hydrogen (secondary N) is 1. The maximum Gasteiger partial charge on any atom is 0.410 e. The first-order valence-electron chi connectivity index (χ1n) is 8.37. The fourth-order valence-electron chi connectivity index (χ4n) is 3.12. The Labute approximate surface area is 133 Å². The SMILES string of the molecule is CCCCCC1NC(=O)N2CCN(C(=O)OC(C)(C)C)CC12. The van der Waals surface area contributed by atoms with Gasteiger partial charge in [0, 0.05) is 19.6 Å². The van der Waals surface area contributed by atoms with Crippen molar-refractivity contribution in [2.75, 3.05) is 19.6 Å². The van der Waals surface area contributed by atoms with Crippen molar-refractivity contribution in [3.8, 4) is 0 Å². The zero-order chi connectivity index (χ0) is 16.3. The van der Waals surface area contributed by atoms with Crippen molar-refractivity contribution in [3.05, 3.63) is 0 Å². The topological polar surface area (TPSA) is 61.9 Å². The Morgan fingerprint density at radius 2 is 2.05 bits per heavy atom. The van der Waals surface area contributed by atoms with Crippen molar-refractivity contribution in [3.63, 3.8) is 0 Å². The minimum atomic E-state index is -0.488. The van der Waals surface area contributed by atoms with Crippen LogP contribution >= 0.6 is 0 Å². The van der Waals surface area contributed by atoms with Crippen LogP contribution in [0.1, 0.15) is 53.4 Å². The van der Waals surface area contributed by atoms with Crippen molar-refractivity contribution in [2.24, 2.45) is 0 Å². The lowest BCUT2D eigenvalue weighted by molar-refractivity contribution is 0.0108. The lowest BCUT2D eigenvalue weighted by atomic mass is 10.00. The third kappa shape index (κ3) is 4.05. The molecule has 2 aliphatic rings. The second-order valence-electron chi connectivity index (χ2n) is 7.24. The Morgan fingerprint density at radius 3 is 2.68 bits per heavy atom. The van der Waals surface area contributed by atoms with Gasteiger partial charge >= 0.3 is 12.1 Å². The van der Waals surface area contributed by atoms with Gasteiger partial charge in [-0.05, 0) is 27.2 Å². The highest BCUT2D eigenvalue weighted by molar-refractivity contribution is 5.78. The van der Waals surface area contributed by atoms with Gasteiger partial charge in [-0.25, -0.2) is 9.59 Å². The van der Waals surface area contributed by atoms with E-state index in [1.807, 2.05) is 25.7 Å². The van der Waals surface area contributed by atoms with Crippen molar-refractivity contribution in [2.45, 2.75) is 71.1 Å². The molecule has 6 heteroatoms. The van der Waals surface area contributed by atoms with Gasteiger partial charge in [-0.15, -0.1) is 0 Å². The van der Waals surface area contributed by atoms with E-state index in [2.05, 4.69) is 12.2 Å². The highest BCUT2D eigenvalue weighted by Crippen LogP contribution is 2.24. The van der Waals surface area contributed by atoms with Crippen molar-refractivity contribution in [1.82, 2.24) is 15.1 Å². The van der Waals surface area contributed by atoms with Gasteiger partial charge in [0.2, 0.25) is 0 Å². The summed E-state index contributed by atoms with van der Waals surface area (Å²) in [6.45, 7) is 9.47. The van der Waals surface area contributed by atoms with Crippen LogP contribution in [0.4, 0.5) is 9.59 Å².